The van der Waals surface area contributed by atoms with E-state index in [0.717, 1.165) is 6.20 Å². The number of rotatable bonds is 5. The number of aromatic nitrogens is 1. The van der Waals surface area contributed by atoms with E-state index in [9.17, 15) is 18.5 Å². The highest BCUT2D eigenvalue weighted by Gasteiger charge is 2.18. The van der Waals surface area contributed by atoms with Crippen molar-refractivity contribution in [1.29, 1.82) is 0 Å². The van der Waals surface area contributed by atoms with Gasteiger partial charge in [0.2, 0.25) is 10.0 Å². The van der Waals surface area contributed by atoms with Gasteiger partial charge in [0, 0.05) is 31.1 Å². The molecule has 1 N–H and O–H groups in total. The van der Waals surface area contributed by atoms with Gasteiger partial charge in [-0.2, -0.15) is 0 Å². The Morgan fingerprint density at radius 1 is 1.33 bits per heavy atom. The van der Waals surface area contributed by atoms with Crippen LogP contribution >= 0.6 is 11.6 Å². The molecule has 1 heterocycles. The molecule has 2 aromatic rings. The normalized spacial score (nSPS) is 11.3. The molecule has 1 aromatic heterocycles. The summed E-state index contributed by atoms with van der Waals surface area (Å²) in [5.41, 5.74) is 0.360. The molecule has 0 saturated carbocycles. The van der Waals surface area contributed by atoms with E-state index < -0.39 is 14.9 Å². The van der Waals surface area contributed by atoms with Gasteiger partial charge in [0.05, 0.1) is 9.95 Å². The van der Waals surface area contributed by atoms with Crippen molar-refractivity contribution < 1.29 is 13.3 Å². The lowest BCUT2D eigenvalue weighted by molar-refractivity contribution is -0.384. The number of nitro groups is 1. The number of nitrogens with one attached hydrogen (secondary N) is 1. The second-order valence-electron chi connectivity index (χ2n) is 4.06. The number of halogens is 1. The van der Waals surface area contributed by atoms with E-state index in [-0.39, 0.29) is 22.2 Å². The zero-order chi connectivity index (χ0) is 15.5. The van der Waals surface area contributed by atoms with Crippen LogP contribution in [0.3, 0.4) is 0 Å². The molecule has 1 aromatic carbocycles. The summed E-state index contributed by atoms with van der Waals surface area (Å²) >= 11 is 5.81. The number of benzene rings is 1. The molecule has 0 aliphatic carbocycles. The van der Waals surface area contributed by atoms with Crippen molar-refractivity contribution in [2.75, 3.05) is 0 Å². The monoisotopic (exact) mass is 327 g/mol. The van der Waals surface area contributed by atoms with Crippen molar-refractivity contribution in [2.45, 2.75) is 11.4 Å². The minimum atomic E-state index is -3.84. The van der Waals surface area contributed by atoms with Gasteiger partial charge in [0.1, 0.15) is 4.90 Å². The number of pyridine rings is 1. The second-order valence-corrected chi connectivity index (χ2v) is 6.20. The number of nitrogens with zero attached hydrogens (tertiary/aromatic N) is 2. The first-order chi connectivity index (χ1) is 9.90. The lowest BCUT2D eigenvalue weighted by Crippen LogP contribution is -2.23. The molecule has 0 amide bonds. The average molecular weight is 328 g/mol. The Bertz CT molecular complexity index is 780. The summed E-state index contributed by atoms with van der Waals surface area (Å²) in [6.07, 6.45) is 2.51. The molecular formula is C12H10ClN3O4S. The van der Waals surface area contributed by atoms with E-state index in [0.29, 0.717) is 5.56 Å². The van der Waals surface area contributed by atoms with Crippen LogP contribution in [0.2, 0.25) is 5.02 Å². The number of sulfonamides is 1. The van der Waals surface area contributed by atoms with Gasteiger partial charge in [-0.15, -0.1) is 0 Å². The van der Waals surface area contributed by atoms with E-state index in [4.69, 9.17) is 11.6 Å². The molecule has 21 heavy (non-hydrogen) atoms. The molecule has 0 saturated heterocycles. The van der Waals surface area contributed by atoms with Crippen LogP contribution in [0.1, 0.15) is 5.56 Å². The zero-order valence-electron chi connectivity index (χ0n) is 10.6. The topological polar surface area (TPSA) is 102 Å². The van der Waals surface area contributed by atoms with Crippen LogP contribution in [-0.4, -0.2) is 18.3 Å². The molecule has 9 heteroatoms. The summed E-state index contributed by atoms with van der Waals surface area (Å²) in [5.74, 6) is 0. The first kappa shape index (κ1) is 15.4. The lowest BCUT2D eigenvalue weighted by Gasteiger charge is -2.07. The van der Waals surface area contributed by atoms with Crippen molar-refractivity contribution in [3.8, 4) is 0 Å². The van der Waals surface area contributed by atoms with Crippen LogP contribution in [0.5, 0.6) is 0 Å². The molecule has 7 nitrogen and oxygen atoms in total. The Morgan fingerprint density at radius 3 is 2.76 bits per heavy atom. The van der Waals surface area contributed by atoms with Crippen LogP contribution in [0.25, 0.3) is 0 Å². The van der Waals surface area contributed by atoms with Crippen LogP contribution in [0.15, 0.2) is 47.6 Å². The van der Waals surface area contributed by atoms with Crippen LogP contribution in [0, 0.1) is 10.1 Å². The number of non-ortho nitro benzene ring substituents is 1. The van der Waals surface area contributed by atoms with Crippen molar-refractivity contribution in [3.05, 3.63) is 63.4 Å². The lowest BCUT2D eigenvalue weighted by atomic mass is 10.2. The van der Waals surface area contributed by atoms with Gasteiger partial charge in [-0.1, -0.05) is 23.7 Å². The van der Waals surface area contributed by atoms with Crippen molar-refractivity contribution >= 4 is 27.3 Å². The molecular weight excluding hydrogens is 318 g/mol. The smallest absolute Gasteiger partial charge is 0.263 e. The minimum absolute atomic E-state index is 0.0524. The van der Waals surface area contributed by atoms with Crippen molar-refractivity contribution in [1.82, 2.24) is 9.71 Å². The average Bonchev–Trinajstić information content (AvgIpc) is 2.46. The van der Waals surface area contributed by atoms with E-state index >= 15 is 0 Å². The van der Waals surface area contributed by atoms with Gasteiger partial charge in [-0.3, -0.25) is 15.1 Å². The maximum absolute atomic E-state index is 12.1. The summed E-state index contributed by atoms with van der Waals surface area (Å²) in [6.45, 7) is -0.0881. The molecule has 0 atom stereocenters. The molecule has 0 radical (unpaired) electrons. The van der Waals surface area contributed by atoms with E-state index in [2.05, 4.69) is 9.71 Å². The quantitative estimate of drug-likeness (QED) is 0.669. The van der Waals surface area contributed by atoms with Crippen molar-refractivity contribution in [2.24, 2.45) is 0 Å². The summed E-state index contributed by atoms with van der Waals surface area (Å²) in [5, 5.41) is 10.7. The van der Waals surface area contributed by atoms with E-state index in [1.165, 1.54) is 30.5 Å². The largest absolute Gasteiger partial charge is 0.269 e. The highest BCUT2D eigenvalue weighted by Crippen LogP contribution is 2.19. The predicted molar refractivity (Wildman–Crippen MR) is 76.4 cm³/mol. The Labute approximate surface area is 125 Å². The number of nitro benzene ring substituents is 1. The molecule has 2 rings (SSSR count). The van der Waals surface area contributed by atoms with Gasteiger partial charge in [-0.25, -0.2) is 13.1 Å². The fourth-order valence-electron chi connectivity index (χ4n) is 1.60. The molecule has 0 fully saturated rings. The van der Waals surface area contributed by atoms with Crippen LogP contribution < -0.4 is 4.72 Å². The third-order valence-electron chi connectivity index (χ3n) is 2.61. The third-order valence-corrected chi connectivity index (χ3v) is 4.48. The molecule has 0 aliphatic heterocycles. The third kappa shape index (κ3) is 3.75. The first-order valence-corrected chi connectivity index (χ1v) is 7.59. The SMILES string of the molecule is O=[N+]([O-])c1cccc(CNS(=O)(=O)c2cnccc2Cl)c1. The maximum atomic E-state index is 12.1. The molecule has 0 aliphatic rings. The Morgan fingerprint density at radius 2 is 2.10 bits per heavy atom. The fourth-order valence-corrected chi connectivity index (χ4v) is 3.04. The number of hydrogen-bond donors (Lipinski definition) is 1. The zero-order valence-corrected chi connectivity index (χ0v) is 12.1. The summed E-state index contributed by atoms with van der Waals surface area (Å²) in [7, 11) is -3.84. The Hall–Kier alpha value is -2.03. The highest BCUT2D eigenvalue weighted by molar-refractivity contribution is 7.89. The van der Waals surface area contributed by atoms with E-state index in [1.54, 1.807) is 6.07 Å². The van der Waals surface area contributed by atoms with E-state index in [1.807, 2.05) is 0 Å². The van der Waals surface area contributed by atoms with Gasteiger partial charge in [0.15, 0.2) is 0 Å². The molecule has 0 bridgehead atoms. The maximum Gasteiger partial charge on any atom is 0.269 e. The first-order valence-electron chi connectivity index (χ1n) is 5.72. The Kier molecular flexibility index (Phi) is 4.51. The van der Waals surface area contributed by atoms with Gasteiger partial charge < -0.3 is 0 Å². The minimum Gasteiger partial charge on any atom is -0.263 e. The summed E-state index contributed by atoms with van der Waals surface area (Å²) in [4.78, 5) is 13.7. The molecule has 0 unspecified atom stereocenters. The highest BCUT2D eigenvalue weighted by atomic mass is 35.5. The second kappa shape index (κ2) is 6.17. The summed E-state index contributed by atoms with van der Waals surface area (Å²) < 4.78 is 26.5. The molecule has 0 spiro atoms. The standard InChI is InChI=1S/C12H10ClN3O4S/c13-11-4-5-14-8-12(11)21(19,20)15-7-9-2-1-3-10(6-9)16(17)18/h1-6,8,15H,7H2. The number of hydrogen-bond acceptors (Lipinski definition) is 5. The van der Waals surface area contributed by atoms with Gasteiger partial charge in [0.25, 0.3) is 5.69 Å². The predicted octanol–water partition coefficient (Wildman–Crippen LogP) is 2.12. The van der Waals surface area contributed by atoms with Crippen molar-refractivity contribution in [3.63, 3.8) is 0 Å². The van der Waals surface area contributed by atoms with Crippen LogP contribution in [0.4, 0.5) is 5.69 Å². The molecule has 110 valence electrons. The summed E-state index contributed by atoms with van der Waals surface area (Å²) in [6, 6.07) is 7.06. The van der Waals surface area contributed by atoms with Gasteiger partial charge >= 0.3 is 0 Å². The van der Waals surface area contributed by atoms with Crippen LogP contribution in [-0.2, 0) is 16.6 Å². The fraction of sp³-hybridized carbons (Fsp3) is 0.0833. The van der Waals surface area contributed by atoms with Gasteiger partial charge in [-0.05, 0) is 11.6 Å². The Balaban J connectivity index is 2.18.